The summed E-state index contributed by atoms with van der Waals surface area (Å²) in [6.07, 6.45) is -0.690. The predicted octanol–water partition coefficient (Wildman–Crippen LogP) is 3.69. The normalized spacial score (nSPS) is 17.1. The Morgan fingerprint density at radius 1 is 1.30 bits per heavy atom. The molecular formula is C15H21F3N2. The third-order valence-corrected chi connectivity index (χ3v) is 4.19. The molecule has 0 atom stereocenters. The van der Waals surface area contributed by atoms with Gasteiger partial charge in [-0.15, -0.1) is 0 Å². The van der Waals surface area contributed by atoms with Gasteiger partial charge in [-0.2, -0.15) is 13.2 Å². The van der Waals surface area contributed by atoms with E-state index in [1.54, 1.807) is 0 Å². The van der Waals surface area contributed by atoms with Crippen molar-refractivity contribution in [1.82, 2.24) is 9.88 Å². The van der Waals surface area contributed by atoms with Crippen LogP contribution in [0.5, 0.6) is 0 Å². The van der Waals surface area contributed by atoms with Crippen LogP contribution in [0.25, 0.3) is 0 Å². The molecule has 1 aliphatic rings. The summed E-state index contributed by atoms with van der Waals surface area (Å²) in [5.74, 6) is 0. The summed E-state index contributed by atoms with van der Waals surface area (Å²) in [6, 6.07) is 2.04. The van der Waals surface area contributed by atoms with Crippen LogP contribution in [0.4, 0.5) is 13.2 Å². The van der Waals surface area contributed by atoms with Crippen LogP contribution in [0, 0.1) is 0 Å². The molecule has 0 N–H and O–H groups in total. The Hall–Kier alpha value is -1.10. The van der Waals surface area contributed by atoms with Crippen molar-refractivity contribution >= 4 is 0 Å². The summed E-state index contributed by atoms with van der Waals surface area (Å²) in [5, 5.41) is 0. The molecule has 0 amide bonds. The molecule has 2 rings (SSSR count). The molecule has 0 saturated heterocycles. The second kappa shape index (κ2) is 5.35. The van der Waals surface area contributed by atoms with Crippen LogP contribution in [0.15, 0.2) is 12.3 Å². The molecule has 0 saturated carbocycles. The first-order valence-corrected chi connectivity index (χ1v) is 6.98. The van der Waals surface area contributed by atoms with Gasteiger partial charge >= 0.3 is 6.18 Å². The number of hydrogen-bond acceptors (Lipinski definition) is 2. The maximum absolute atomic E-state index is 12.5. The van der Waals surface area contributed by atoms with E-state index in [4.69, 9.17) is 0 Å². The first-order valence-electron chi connectivity index (χ1n) is 6.98. The van der Waals surface area contributed by atoms with Gasteiger partial charge in [0.05, 0.1) is 6.54 Å². The standard InChI is InChI=1S/C15H21F3N2/c1-4-14(2,3)12-7-11-9-20(10-15(16,17)18)6-5-13(11)19-8-12/h7-8H,4-6,9-10H2,1-3H3. The molecule has 20 heavy (non-hydrogen) atoms. The van der Waals surface area contributed by atoms with Crippen molar-refractivity contribution in [2.24, 2.45) is 0 Å². The average Bonchev–Trinajstić information content (AvgIpc) is 2.36. The number of fused-ring (bicyclic) bond motifs is 1. The van der Waals surface area contributed by atoms with Gasteiger partial charge in [-0.25, -0.2) is 0 Å². The van der Waals surface area contributed by atoms with Crippen molar-refractivity contribution < 1.29 is 13.2 Å². The summed E-state index contributed by atoms with van der Waals surface area (Å²) >= 11 is 0. The van der Waals surface area contributed by atoms with Gasteiger partial charge < -0.3 is 0 Å². The topological polar surface area (TPSA) is 16.1 Å². The van der Waals surface area contributed by atoms with Crippen molar-refractivity contribution in [3.63, 3.8) is 0 Å². The minimum atomic E-state index is -4.13. The van der Waals surface area contributed by atoms with E-state index in [0.717, 1.165) is 23.2 Å². The van der Waals surface area contributed by atoms with Crippen LogP contribution < -0.4 is 0 Å². The highest BCUT2D eigenvalue weighted by atomic mass is 19.4. The molecule has 0 fully saturated rings. The molecule has 0 bridgehead atoms. The second-order valence-corrected chi connectivity index (χ2v) is 6.14. The van der Waals surface area contributed by atoms with Gasteiger partial charge in [-0.05, 0) is 23.0 Å². The van der Waals surface area contributed by atoms with E-state index in [1.807, 2.05) is 12.3 Å². The molecule has 5 heteroatoms. The van der Waals surface area contributed by atoms with Crippen LogP contribution in [0.3, 0.4) is 0 Å². The van der Waals surface area contributed by atoms with E-state index < -0.39 is 12.7 Å². The predicted molar refractivity (Wildman–Crippen MR) is 72.6 cm³/mol. The summed E-state index contributed by atoms with van der Waals surface area (Å²) < 4.78 is 37.4. The van der Waals surface area contributed by atoms with Crippen molar-refractivity contribution in [2.45, 2.75) is 51.7 Å². The van der Waals surface area contributed by atoms with Gasteiger partial charge in [0.15, 0.2) is 0 Å². The first-order chi connectivity index (χ1) is 9.21. The van der Waals surface area contributed by atoms with Crippen molar-refractivity contribution in [2.75, 3.05) is 13.1 Å². The van der Waals surface area contributed by atoms with Crippen LogP contribution >= 0.6 is 0 Å². The maximum atomic E-state index is 12.5. The quantitative estimate of drug-likeness (QED) is 0.842. The summed E-state index contributed by atoms with van der Waals surface area (Å²) in [7, 11) is 0. The van der Waals surface area contributed by atoms with Gasteiger partial charge in [0.1, 0.15) is 0 Å². The van der Waals surface area contributed by atoms with E-state index in [2.05, 4.69) is 25.8 Å². The van der Waals surface area contributed by atoms with Crippen LogP contribution in [0.1, 0.15) is 44.0 Å². The third-order valence-electron chi connectivity index (χ3n) is 4.19. The van der Waals surface area contributed by atoms with Crippen LogP contribution in [-0.4, -0.2) is 29.1 Å². The summed E-state index contributed by atoms with van der Waals surface area (Å²) in [5.41, 5.74) is 3.00. The lowest BCUT2D eigenvalue weighted by Crippen LogP contribution is -2.38. The first kappa shape index (κ1) is 15.3. The lowest BCUT2D eigenvalue weighted by Gasteiger charge is -2.30. The number of alkyl halides is 3. The Labute approximate surface area is 118 Å². The zero-order chi connectivity index (χ0) is 15.0. The molecule has 1 aromatic heterocycles. The molecule has 0 unspecified atom stereocenters. The molecule has 2 nitrogen and oxygen atoms in total. The van der Waals surface area contributed by atoms with Gasteiger partial charge in [0.25, 0.3) is 0 Å². The van der Waals surface area contributed by atoms with E-state index in [1.165, 1.54) is 4.90 Å². The fourth-order valence-electron chi connectivity index (χ4n) is 2.45. The number of nitrogens with zero attached hydrogens (tertiary/aromatic N) is 2. The molecule has 0 aliphatic carbocycles. The fraction of sp³-hybridized carbons (Fsp3) is 0.667. The molecule has 1 aliphatic heterocycles. The Bertz CT molecular complexity index is 480. The number of hydrogen-bond donors (Lipinski definition) is 0. The molecule has 0 spiro atoms. The molecule has 2 heterocycles. The molecule has 1 aromatic rings. The number of rotatable bonds is 3. The lowest BCUT2D eigenvalue weighted by molar-refractivity contribution is -0.147. The molecule has 0 aromatic carbocycles. The fourth-order valence-corrected chi connectivity index (χ4v) is 2.45. The largest absolute Gasteiger partial charge is 0.401 e. The van der Waals surface area contributed by atoms with Crippen LogP contribution in [0.2, 0.25) is 0 Å². The summed E-state index contributed by atoms with van der Waals surface area (Å²) in [6.45, 7) is 6.30. The van der Waals surface area contributed by atoms with E-state index >= 15 is 0 Å². The lowest BCUT2D eigenvalue weighted by atomic mass is 9.82. The van der Waals surface area contributed by atoms with Crippen molar-refractivity contribution in [3.05, 3.63) is 29.1 Å². The average molecular weight is 286 g/mol. The number of aromatic nitrogens is 1. The zero-order valence-electron chi connectivity index (χ0n) is 12.2. The number of pyridine rings is 1. The van der Waals surface area contributed by atoms with E-state index in [-0.39, 0.29) is 5.41 Å². The van der Waals surface area contributed by atoms with E-state index in [0.29, 0.717) is 19.5 Å². The smallest absolute Gasteiger partial charge is 0.290 e. The zero-order valence-corrected chi connectivity index (χ0v) is 12.2. The van der Waals surface area contributed by atoms with Crippen LogP contribution in [-0.2, 0) is 18.4 Å². The Morgan fingerprint density at radius 2 is 2.00 bits per heavy atom. The highest BCUT2D eigenvalue weighted by Gasteiger charge is 2.32. The van der Waals surface area contributed by atoms with Crippen molar-refractivity contribution in [1.29, 1.82) is 0 Å². The van der Waals surface area contributed by atoms with Gasteiger partial charge in [-0.3, -0.25) is 9.88 Å². The Morgan fingerprint density at radius 3 is 2.60 bits per heavy atom. The molecular weight excluding hydrogens is 265 g/mol. The minimum Gasteiger partial charge on any atom is -0.290 e. The Kier molecular flexibility index (Phi) is 4.09. The third kappa shape index (κ3) is 3.51. The SMILES string of the molecule is CCC(C)(C)c1cnc2c(c1)CN(CC(F)(F)F)CC2. The van der Waals surface area contributed by atoms with Gasteiger partial charge in [0.2, 0.25) is 0 Å². The molecule has 112 valence electrons. The van der Waals surface area contributed by atoms with Crippen molar-refractivity contribution in [3.8, 4) is 0 Å². The Balaban J connectivity index is 2.20. The maximum Gasteiger partial charge on any atom is 0.401 e. The van der Waals surface area contributed by atoms with E-state index in [9.17, 15) is 13.2 Å². The highest BCUT2D eigenvalue weighted by Crippen LogP contribution is 2.29. The number of halogens is 3. The second-order valence-electron chi connectivity index (χ2n) is 6.14. The minimum absolute atomic E-state index is 0.00827. The molecule has 0 radical (unpaired) electrons. The monoisotopic (exact) mass is 286 g/mol. The van der Waals surface area contributed by atoms with Gasteiger partial charge in [0, 0.05) is 31.4 Å². The highest BCUT2D eigenvalue weighted by molar-refractivity contribution is 5.31. The summed E-state index contributed by atoms with van der Waals surface area (Å²) in [4.78, 5) is 5.91. The van der Waals surface area contributed by atoms with Gasteiger partial charge in [-0.1, -0.05) is 26.8 Å².